The van der Waals surface area contributed by atoms with Crippen molar-refractivity contribution in [3.8, 4) is 0 Å². The third kappa shape index (κ3) is 0.701. The summed E-state index contributed by atoms with van der Waals surface area (Å²) in [5, 5.41) is 0. The zero-order valence-corrected chi connectivity index (χ0v) is 8.36. The molecule has 4 nitrogen and oxygen atoms in total. The van der Waals surface area contributed by atoms with Crippen molar-refractivity contribution in [2.45, 2.75) is 6.42 Å². The van der Waals surface area contributed by atoms with E-state index < -0.39 is 5.41 Å². The molecule has 0 bridgehead atoms. The van der Waals surface area contributed by atoms with E-state index in [1.165, 1.54) is 0 Å². The molecule has 0 saturated carbocycles. The molecule has 4 rings (SSSR count). The number of aromatic nitrogens is 1. The van der Waals surface area contributed by atoms with Crippen LogP contribution in [-0.4, -0.2) is 10.9 Å². The smallest absolute Gasteiger partial charge is 0.232 e. The maximum atomic E-state index is 11.4. The summed E-state index contributed by atoms with van der Waals surface area (Å²) < 4.78 is 5.68. The Balaban J connectivity index is 1.99. The fourth-order valence-electron chi connectivity index (χ4n) is 2.57. The Morgan fingerprint density at radius 3 is 3.25 bits per heavy atom. The fourth-order valence-corrected chi connectivity index (χ4v) is 2.57. The van der Waals surface area contributed by atoms with E-state index >= 15 is 0 Å². The molecule has 16 heavy (non-hydrogen) atoms. The Labute approximate surface area is 90.8 Å². The molecule has 0 radical (unpaired) electrons. The highest BCUT2D eigenvalue weighted by molar-refractivity contribution is 6.14. The Kier molecular flexibility index (Phi) is 1.11. The summed E-state index contributed by atoms with van der Waals surface area (Å²) >= 11 is 0. The normalized spacial score (nSPS) is 25.1. The van der Waals surface area contributed by atoms with Gasteiger partial charge in [-0.05, 0) is 17.7 Å². The van der Waals surface area contributed by atoms with Gasteiger partial charge < -0.3 is 10.2 Å². The number of primary amides is 1. The molecule has 2 aromatic rings. The topological polar surface area (TPSA) is 69.1 Å². The van der Waals surface area contributed by atoms with E-state index in [0.29, 0.717) is 6.42 Å². The lowest BCUT2D eigenvalue weighted by molar-refractivity contribution is -0.121. The molecule has 2 aliphatic rings. The first kappa shape index (κ1) is 8.10. The Morgan fingerprint density at radius 2 is 2.44 bits per heavy atom. The van der Waals surface area contributed by atoms with Crippen LogP contribution in [0.4, 0.5) is 0 Å². The van der Waals surface area contributed by atoms with Gasteiger partial charge in [-0.2, -0.15) is 0 Å². The van der Waals surface area contributed by atoms with Crippen molar-refractivity contribution < 1.29 is 9.21 Å². The Morgan fingerprint density at radius 1 is 1.56 bits per heavy atom. The summed E-state index contributed by atoms with van der Waals surface area (Å²) in [4.78, 5) is 15.7. The molecule has 0 spiro atoms. The number of fused-ring (bicyclic) bond motifs is 5. The van der Waals surface area contributed by atoms with Crippen LogP contribution in [0.5, 0.6) is 0 Å². The van der Waals surface area contributed by atoms with Crippen LogP contribution in [0.15, 0.2) is 28.8 Å². The second-order valence-electron chi connectivity index (χ2n) is 4.32. The number of nitrogens with two attached hydrogens (primary N) is 1. The molecule has 0 aromatic carbocycles. The molecular weight excluding hydrogens is 204 g/mol. The lowest BCUT2D eigenvalue weighted by atomic mass is 10.00. The van der Waals surface area contributed by atoms with Gasteiger partial charge >= 0.3 is 0 Å². The lowest BCUT2D eigenvalue weighted by Gasteiger charge is -2.05. The minimum Gasteiger partial charge on any atom is -0.459 e. The average molecular weight is 212 g/mol. The van der Waals surface area contributed by atoms with Crippen LogP contribution in [0.2, 0.25) is 0 Å². The number of carbonyl (C=O) groups is 1. The zero-order chi connectivity index (χ0) is 10.9. The molecule has 0 fully saturated rings. The highest BCUT2D eigenvalue weighted by atomic mass is 16.3. The molecule has 2 aliphatic carbocycles. The summed E-state index contributed by atoms with van der Waals surface area (Å²) in [6.45, 7) is 0. The first-order chi connectivity index (χ1) is 7.72. The van der Waals surface area contributed by atoms with Crippen molar-refractivity contribution in [1.82, 2.24) is 4.98 Å². The van der Waals surface area contributed by atoms with Gasteiger partial charge in [-0.25, -0.2) is 0 Å². The van der Waals surface area contributed by atoms with Crippen molar-refractivity contribution >= 4 is 22.6 Å². The van der Waals surface area contributed by atoms with Gasteiger partial charge in [0.2, 0.25) is 5.91 Å². The fraction of sp³-hybridized carbons (Fsp3) is 0.167. The van der Waals surface area contributed by atoms with Gasteiger partial charge in [0.05, 0.1) is 5.41 Å². The van der Waals surface area contributed by atoms with E-state index in [1.54, 1.807) is 6.20 Å². The van der Waals surface area contributed by atoms with Gasteiger partial charge in [-0.3, -0.25) is 9.78 Å². The third-order valence-corrected chi connectivity index (χ3v) is 3.46. The largest absolute Gasteiger partial charge is 0.459 e. The molecule has 2 heterocycles. The molecule has 2 aromatic heterocycles. The minimum atomic E-state index is -0.556. The number of pyridine rings is 1. The van der Waals surface area contributed by atoms with Crippen LogP contribution < -0.4 is 5.73 Å². The monoisotopic (exact) mass is 212 g/mol. The van der Waals surface area contributed by atoms with Crippen molar-refractivity contribution in [2.24, 2.45) is 11.1 Å². The maximum Gasteiger partial charge on any atom is 0.232 e. The summed E-state index contributed by atoms with van der Waals surface area (Å²) in [6.07, 6.45) is 4.20. The van der Waals surface area contributed by atoms with Gasteiger partial charge in [0.25, 0.3) is 0 Å². The average Bonchev–Trinajstić information content (AvgIpc) is 2.75. The molecule has 1 amide bonds. The van der Waals surface area contributed by atoms with Crippen molar-refractivity contribution in [3.63, 3.8) is 0 Å². The molecule has 78 valence electrons. The highest BCUT2D eigenvalue weighted by Crippen LogP contribution is 2.61. The summed E-state index contributed by atoms with van der Waals surface area (Å²) in [7, 11) is 0. The summed E-state index contributed by atoms with van der Waals surface area (Å²) in [5.74, 6) is 0.544. The molecule has 4 heteroatoms. The third-order valence-electron chi connectivity index (χ3n) is 3.46. The molecule has 0 saturated heterocycles. The van der Waals surface area contributed by atoms with Crippen molar-refractivity contribution in [2.75, 3.05) is 0 Å². The van der Waals surface area contributed by atoms with Gasteiger partial charge in [-0.15, -0.1) is 0 Å². The molecule has 1 atom stereocenters. The van der Waals surface area contributed by atoms with Crippen LogP contribution >= 0.6 is 0 Å². The van der Waals surface area contributed by atoms with E-state index in [-0.39, 0.29) is 5.91 Å². The predicted octanol–water partition coefficient (Wildman–Crippen LogP) is 1.25. The number of nitrogens with zero attached hydrogens (tertiary/aromatic N) is 1. The van der Waals surface area contributed by atoms with Gasteiger partial charge in [-0.1, -0.05) is 6.08 Å². The quantitative estimate of drug-likeness (QED) is 0.773. The van der Waals surface area contributed by atoms with E-state index in [2.05, 4.69) is 4.98 Å². The zero-order valence-electron chi connectivity index (χ0n) is 8.36. The van der Waals surface area contributed by atoms with E-state index in [1.807, 2.05) is 18.2 Å². The second kappa shape index (κ2) is 2.19. The predicted molar refractivity (Wildman–Crippen MR) is 57.3 cm³/mol. The van der Waals surface area contributed by atoms with E-state index in [9.17, 15) is 4.79 Å². The van der Waals surface area contributed by atoms with E-state index in [4.69, 9.17) is 10.2 Å². The first-order valence-electron chi connectivity index (χ1n) is 5.12. The van der Waals surface area contributed by atoms with Gasteiger partial charge in [0.15, 0.2) is 5.58 Å². The number of hydrogen-bond acceptors (Lipinski definition) is 3. The van der Waals surface area contributed by atoms with Crippen LogP contribution in [0, 0.1) is 5.41 Å². The molecule has 0 aliphatic heterocycles. The second-order valence-corrected chi connectivity index (χ2v) is 4.32. The first-order valence-corrected chi connectivity index (χ1v) is 5.12. The van der Waals surface area contributed by atoms with Crippen LogP contribution in [0.3, 0.4) is 0 Å². The molecule has 1 unspecified atom stereocenters. The van der Waals surface area contributed by atoms with Crippen molar-refractivity contribution in [1.29, 1.82) is 0 Å². The standard InChI is InChI=1S/C12H8N2O2/c13-11(15)12-4-6(12)9-8(5-12)16-7-2-1-3-14-10(7)9/h1-4H,5H2,(H2,13,15). The number of carbonyl (C=O) groups excluding carboxylic acids is 1. The summed E-state index contributed by atoms with van der Waals surface area (Å²) in [6, 6.07) is 3.72. The number of furan rings is 1. The van der Waals surface area contributed by atoms with Crippen molar-refractivity contribution in [3.05, 3.63) is 35.7 Å². The van der Waals surface area contributed by atoms with Gasteiger partial charge in [0.1, 0.15) is 11.3 Å². The van der Waals surface area contributed by atoms with Gasteiger partial charge in [0, 0.05) is 18.2 Å². The Hall–Kier alpha value is -2.10. The van der Waals surface area contributed by atoms with Crippen LogP contribution in [-0.2, 0) is 11.2 Å². The minimum absolute atomic E-state index is 0.294. The Bertz CT molecular complexity index is 683. The SMILES string of the molecule is NC(=O)C12C=C1c1c(oc3cccnc13)C2. The number of rotatable bonds is 1. The lowest BCUT2D eigenvalue weighted by Crippen LogP contribution is -2.26. The van der Waals surface area contributed by atoms with Crippen LogP contribution in [0.25, 0.3) is 16.7 Å². The molecular formula is C12H8N2O2. The molecule has 2 N–H and O–H groups in total. The summed E-state index contributed by atoms with van der Waals surface area (Å²) in [5.41, 5.74) is 8.44. The number of amides is 1. The number of hydrogen-bond donors (Lipinski definition) is 1. The van der Waals surface area contributed by atoms with E-state index in [0.717, 1.165) is 28.0 Å². The van der Waals surface area contributed by atoms with Crippen LogP contribution in [0.1, 0.15) is 11.3 Å². The maximum absolute atomic E-state index is 11.4. The highest BCUT2D eigenvalue weighted by Gasteiger charge is 2.57.